The molecule has 7 rings (SSSR count). The van der Waals surface area contributed by atoms with Crippen molar-refractivity contribution >= 4 is 55.7 Å². The maximum Gasteiger partial charge on any atom is 0.0622 e. The van der Waals surface area contributed by atoms with Crippen LogP contribution >= 0.6 is 0 Å². The van der Waals surface area contributed by atoms with Crippen LogP contribution in [0.4, 0.5) is 34.1 Å². The van der Waals surface area contributed by atoms with Crippen molar-refractivity contribution in [1.82, 2.24) is 0 Å². The molecule has 0 saturated heterocycles. The number of hydrogen-bond acceptors (Lipinski definition) is 2. The van der Waals surface area contributed by atoms with Gasteiger partial charge in [0.2, 0.25) is 0 Å². The van der Waals surface area contributed by atoms with Crippen LogP contribution in [0.1, 0.15) is 88.1 Å². The second kappa shape index (κ2) is 14.0. The van der Waals surface area contributed by atoms with Gasteiger partial charge in [0.1, 0.15) is 0 Å². The van der Waals surface area contributed by atoms with Crippen molar-refractivity contribution < 1.29 is 0 Å². The molecule has 7 aromatic carbocycles. The van der Waals surface area contributed by atoms with Crippen LogP contribution < -0.4 is 9.80 Å². The van der Waals surface area contributed by atoms with Gasteiger partial charge in [-0.1, -0.05) is 151 Å². The van der Waals surface area contributed by atoms with Gasteiger partial charge in [-0.25, -0.2) is 0 Å². The number of fused-ring (bicyclic) bond motifs is 2. The molecule has 0 heterocycles. The summed E-state index contributed by atoms with van der Waals surface area (Å²) in [6.07, 6.45) is 0. The van der Waals surface area contributed by atoms with Crippen LogP contribution in [0.15, 0.2) is 140 Å². The van der Waals surface area contributed by atoms with Gasteiger partial charge in [-0.05, 0) is 96.3 Å². The van der Waals surface area contributed by atoms with E-state index < -0.39 is 0 Å². The first-order valence-electron chi connectivity index (χ1n) is 18.8. The van der Waals surface area contributed by atoms with Crippen molar-refractivity contribution in [1.29, 1.82) is 0 Å². The van der Waals surface area contributed by atoms with Gasteiger partial charge in [-0.2, -0.15) is 0 Å². The Bertz CT molecular complexity index is 2320. The fourth-order valence-corrected chi connectivity index (χ4v) is 7.50. The first kappa shape index (κ1) is 35.1. The Hall–Kier alpha value is -5.34. The first-order valence-corrected chi connectivity index (χ1v) is 18.8. The Morgan fingerprint density at radius 1 is 0.404 bits per heavy atom. The second-order valence-corrected chi connectivity index (χ2v) is 16.1. The van der Waals surface area contributed by atoms with Crippen molar-refractivity contribution in [3.8, 4) is 0 Å². The fraction of sp³-hybridized carbons (Fsp3) is 0.240. The monoisotopic (exact) mass is 680 g/mol. The molecule has 0 saturated carbocycles. The Balaban J connectivity index is 1.65. The molecular weight excluding hydrogens is 629 g/mol. The number of hydrogen-bond donors (Lipinski definition) is 0. The van der Waals surface area contributed by atoms with Gasteiger partial charge in [0, 0.05) is 44.3 Å². The number of nitrogens with zero attached hydrogens (tertiary/aromatic N) is 2. The van der Waals surface area contributed by atoms with Crippen LogP contribution in [0.25, 0.3) is 21.5 Å². The predicted octanol–water partition coefficient (Wildman–Crippen LogP) is 15.1. The molecule has 0 spiro atoms. The van der Waals surface area contributed by atoms with E-state index in [9.17, 15) is 0 Å². The lowest BCUT2D eigenvalue weighted by Crippen LogP contribution is -2.18. The molecule has 0 radical (unpaired) electrons. The highest BCUT2D eigenvalue weighted by molar-refractivity contribution is 6.24. The van der Waals surface area contributed by atoms with Crippen molar-refractivity contribution in [3.05, 3.63) is 167 Å². The third-order valence-electron chi connectivity index (χ3n) is 10.5. The second-order valence-electron chi connectivity index (χ2n) is 16.1. The lowest BCUT2D eigenvalue weighted by atomic mass is 9.81. The molecule has 7 aromatic rings. The minimum atomic E-state index is -0.123. The van der Waals surface area contributed by atoms with Gasteiger partial charge in [-0.3, -0.25) is 0 Å². The highest BCUT2D eigenvalue weighted by Gasteiger charge is 2.29. The summed E-state index contributed by atoms with van der Waals surface area (Å²) in [6.45, 7) is 20.4. The van der Waals surface area contributed by atoms with E-state index in [2.05, 4.69) is 212 Å². The normalized spacial score (nSPS) is 11.9. The summed E-state index contributed by atoms with van der Waals surface area (Å²) >= 11 is 0. The molecule has 52 heavy (non-hydrogen) atoms. The predicted molar refractivity (Wildman–Crippen MR) is 227 cm³/mol. The average molecular weight is 681 g/mol. The van der Waals surface area contributed by atoms with Crippen LogP contribution in [0.5, 0.6) is 0 Å². The molecule has 0 fully saturated rings. The molecule has 0 aliphatic rings. The SMILES string of the molecule is Cc1ccc(N(c2ccc(C(C)C)cc2)c2c3ccccc3c(N(c3ccc(C)cc3)c3ccc(C(C)C)cc3)c3c(C(C)(C)C)cccc23)cc1. The lowest BCUT2D eigenvalue weighted by Gasteiger charge is -2.35. The molecule has 0 atom stereocenters. The number of anilines is 6. The van der Waals surface area contributed by atoms with Crippen LogP contribution in [0, 0.1) is 13.8 Å². The number of aryl methyl sites for hydroxylation is 2. The first-order chi connectivity index (χ1) is 24.9. The smallest absolute Gasteiger partial charge is 0.0622 e. The van der Waals surface area contributed by atoms with E-state index >= 15 is 0 Å². The zero-order chi connectivity index (χ0) is 36.7. The number of rotatable bonds is 8. The molecule has 0 aliphatic carbocycles. The minimum Gasteiger partial charge on any atom is -0.309 e. The van der Waals surface area contributed by atoms with Crippen molar-refractivity contribution in [2.45, 2.75) is 79.6 Å². The highest BCUT2D eigenvalue weighted by Crippen LogP contribution is 2.53. The van der Waals surface area contributed by atoms with Crippen molar-refractivity contribution in [2.75, 3.05) is 9.80 Å². The summed E-state index contributed by atoms with van der Waals surface area (Å²) in [4.78, 5) is 4.99. The maximum absolute atomic E-state index is 2.50. The largest absolute Gasteiger partial charge is 0.309 e. The molecule has 2 heteroatoms. The topological polar surface area (TPSA) is 6.48 Å². The molecule has 2 nitrogen and oxygen atoms in total. The van der Waals surface area contributed by atoms with E-state index in [-0.39, 0.29) is 5.41 Å². The van der Waals surface area contributed by atoms with Gasteiger partial charge in [-0.15, -0.1) is 0 Å². The molecule has 0 amide bonds. The average Bonchev–Trinajstić information content (AvgIpc) is 3.13. The minimum absolute atomic E-state index is 0.123. The third-order valence-corrected chi connectivity index (χ3v) is 10.5. The molecule has 0 N–H and O–H groups in total. The highest BCUT2D eigenvalue weighted by atomic mass is 15.2. The van der Waals surface area contributed by atoms with Crippen LogP contribution in [0.3, 0.4) is 0 Å². The molecule has 0 bridgehead atoms. The van der Waals surface area contributed by atoms with Gasteiger partial charge in [0.15, 0.2) is 0 Å². The van der Waals surface area contributed by atoms with Gasteiger partial charge in [0.25, 0.3) is 0 Å². The van der Waals surface area contributed by atoms with E-state index in [1.54, 1.807) is 0 Å². The van der Waals surface area contributed by atoms with E-state index in [1.165, 1.54) is 60.7 Å². The van der Waals surface area contributed by atoms with E-state index in [1.807, 2.05) is 0 Å². The van der Waals surface area contributed by atoms with Crippen LogP contribution in [0.2, 0.25) is 0 Å². The molecular formula is C50H52N2. The summed E-state index contributed by atoms with van der Waals surface area (Å²) < 4.78 is 0. The summed E-state index contributed by atoms with van der Waals surface area (Å²) in [5.74, 6) is 0.914. The molecule has 0 aliphatic heterocycles. The molecule has 0 aromatic heterocycles. The van der Waals surface area contributed by atoms with Gasteiger partial charge >= 0.3 is 0 Å². The van der Waals surface area contributed by atoms with Crippen LogP contribution in [-0.2, 0) is 5.41 Å². The van der Waals surface area contributed by atoms with E-state index in [0.29, 0.717) is 11.8 Å². The van der Waals surface area contributed by atoms with Crippen molar-refractivity contribution in [2.24, 2.45) is 0 Å². The van der Waals surface area contributed by atoms with E-state index in [4.69, 9.17) is 0 Å². The maximum atomic E-state index is 2.50. The summed E-state index contributed by atoms with van der Waals surface area (Å²) in [5, 5.41) is 4.92. The molecule has 262 valence electrons. The Morgan fingerprint density at radius 3 is 1.17 bits per heavy atom. The zero-order valence-electron chi connectivity index (χ0n) is 32.3. The summed E-state index contributed by atoms with van der Waals surface area (Å²) in [6, 6.07) is 52.3. The van der Waals surface area contributed by atoms with Gasteiger partial charge < -0.3 is 9.80 Å². The van der Waals surface area contributed by atoms with Crippen LogP contribution in [-0.4, -0.2) is 0 Å². The standard InChI is InChI=1S/C50H52N2/c1-33(2)37-21-29-41(30-22-37)51(39-25-17-35(5)18-26-39)48-43-13-10-11-14-44(43)49(47-45(48)15-12-16-46(47)50(7,8)9)52(40-27-19-36(6)20-28-40)42-31-23-38(24-32-42)34(3)4/h10-34H,1-9H3. The Labute approximate surface area is 311 Å². The summed E-state index contributed by atoms with van der Waals surface area (Å²) in [7, 11) is 0. The lowest BCUT2D eigenvalue weighted by molar-refractivity contribution is 0.596. The van der Waals surface area contributed by atoms with Crippen molar-refractivity contribution in [3.63, 3.8) is 0 Å². The van der Waals surface area contributed by atoms with Gasteiger partial charge in [0.05, 0.1) is 11.4 Å². The fourth-order valence-electron chi connectivity index (χ4n) is 7.50. The quantitative estimate of drug-likeness (QED) is 0.116. The number of benzene rings is 7. The zero-order valence-corrected chi connectivity index (χ0v) is 32.3. The summed E-state index contributed by atoms with van der Waals surface area (Å²) in [5.41, 5.74) is 13.4. The Morgan fingerprint density at radius 2 is 0.769 bits per heavy atom. The Kier molecular flexibility index (Phi) is 9.44. The van der Waals surface area contributed by atoms with E-state index in [0.717, 1.165) is 22.7 Å². The third kappa shape index (κ3) is 6.59. The molecule has 0 unspecified atom stereocenters.